The lowest BCUT2D eigenvalue weighted by Gasteiger charge is -2.44. The first kappa shape index (κ1) is 11.1. The van der Waals surface area contributed by atoms with E-state index in [0.717, 1.165) is 25.7 Å². The molecule has 0 saturated carbocycles. The first-order valence-corrected chi connectivity index (χ1v) is 6.01. The first-order valence-electron chi connectivity index (χ1n) is 6.01. The minimum absolute atomic E-state index is 0.0156. The molecule has 2 rings (SSSR count). The number of carbonyl (C=O) groups excluding carboxylic acids is 1. The number of rotatable bonds is 1. The Kier molecular flexibility index (Phi) is 3.12. The van der Waals surface area contributed by atoms with Crippen molar-refractivity contribution in [1.29, 1.82) is 0 Å². The molecule has 86 valence electrons. The maximum Gasteiger partial charge on any atom is 0.175 e. The molecule has 0 N–H and O–H groups in total. The summed E-state index contributed by atoms with van der Waals surface area (Å²) in [5, 5.41) is 0. The Morgan fingerprint density at radius 2 is 2.27 bits per heavy atom. The Hall–Kier alpha value is -0.410. The monoisotopic (exact) mass is 212 g/mol. The average Bonchev–Trinajstić information content (AvgIpc) is 2.15. The molecule has 0 amide bonds. The van der Waals surface area contributed by atoms with Gasteiger partial charge in [0.25, 0.3) is 0 Å². The minimum Gasteiger partial charge on any atom is -0.346 e. The molecular formula is C12H20O3. The summed E-state index contributed by atoms with van der Waals surface area (Å²) in [6.45, 7) is 4.08. The number of carbonyl (C=O) groups is 1. The number of Topliss-reactive ketones (excluding diaryl/α,β-unsaturated/α-hetero) is 1. The van der Waals surface area contributed by atoms with Crippen molar-refractivity contribution in [3.05, 3.63) is 0 Å². The molecule has 0 aliphatic carbocycles. The number of ketones is 1. The van der Waals surface area contributed by atoms with Gasteiger partial charge in [-0.2, -0.15) is 0 Å². The summed E-state index contributed by atoms with van der Waals surface area (Å²) in [5.74, 6) is -0.293. The third-order valence-corrected chi connectivity index (χ3v) is 3.32. The van der Waals surface area contributed by atoms with Crippen LogP contribution in [0.25, 0.3) is 0 Å². The minimum atomic E-state index is -0.576. The van der Waals surface area contributed by atoms with Crippen molar-refractivity contribution >= 4 is 5.78 Å². The average molecular weight is 212 g/mol. The highest BCUT2D eigenvalue weighted by Crippen LogP contribution is 2.38. The Labute approximate surface area is 91.1 Å². The number of hydrogen-bond donors (Lipinski definition) is 0. The van der Waals surface area contributed by atoms with E-state index in [2.05, 4.69) is 6.92 Å². The van der Waals surface area contributed by atoms with Crippen LogP contribution in [0.3, 0.4) is 0 Å². The van der Waals surface area contributed by atoms with Crippen molar-refractivity contribution in [2.24, 2.45) is 0 Å². The van der Waals surface area contributed by atoms with E-state index >= 15 is 0 Å². The summed E-state index contributed by atoms with van der Waals surface area (Å²) < 4.78 is 11.8. The Bertz CT molecular complexity index is 251. The fraction of sp³-hybridized carbons (Fsp3) is 0.917. The lowest BCUT2D eigenvalue weighted by Crippen LogP contribution is -2.49. The van der Waals surface area contributed by atoms with Crippen LogP contribution in [0.2, 0.25) is 0 Å². The topological polar surface area (TPSA) is 35.5 Å². The molecule has 2 fully saturated rings. The van der Waals surface area contributed by atoms with Gasteiger partial charge in [0.05, 0.1) is 18.6 Å². The highest BCUT2D eigenvalue weighted by molar-refractivity contribution is 5.80. The zero-order valence-electron chi connectivity index (χ0n) is 9.62. The molecule has 0 radical (unpaired) electrons. The van der Waals surface area contributed by atoms with Crippen LogP contribution in [0.4, 0.5) is 0 Å². The van der Waals surface area contributed by atoms with E-state index in [-0.39, 0.29) is 18.0 Å². The zero-order chi connectivity index (χ0) is 10.9. The number of ether oxygens (including phenoxy) is 2. The molecule has 0 aromatic heterocycles. The highest BCUT2D eigenvalue weighted by atomic mass is 16.7. The van der Waals surface area contributed by atoms with E-state index in [0.29, 0.717) is 12.8 Å². The Morgan fingerprint density at radius 3 is 2.93 bits per heavy atom. The predicted molar refractivity (Wildman–Crippen MR) is 56.5 cm³/mol. The van der Waals surface area contributed by atoms with Gasteiger partial charge in [-0.1, -0.05) is 6.92 Å². The largest absolute Gasteiger partial charge is 0.346 e. The van der Waals surface area contributed by atoms with Crippen molar-refractivity contribution in [3.63, 3.8) is 0 Å². The molecule has 3 atom stereocenters. The van der Waals surface area contributed by atoms with Crippen LogP contribution in [0.1, 0.15) is 52.4 Å². The second kappa shape index (κ2) is 4.22. The molecule has 2 heterocycles. The van der Waals surface area contributed by atoms with Crippen molar-refractivity contribution in [3.8, 4) is 0 Å². The van der Waals surface area contributed by atoms with Crippen LogP contribution in [0, 0.1) is 0 Å². The summed E-state index contributed by atoms with van der Waals surface area (Å²) >= 11 is 0. The van der Waals surface area contributed by atoms with Crippen LogP contribution >= 0.6 is 0 Å². The molecule has 2 aliphatic heterocycles. The van der Waals surface area contributed by atoms with Crippen molar-refractivity contribution in [2.45, 2.75) is 70.4 Å². The maximum atomic E-state index is 11.6. The molecule has 3 nitrogen and oxygen atoms in total. The summed E-state index contributed by atoms with van der Waals surface area (Å²) in [6.07, 6.45) is 5.38. The molecule has 0 aromatic rings. The standard InChI is InChI=1S/C12H20O3/c1-3-11-5-4-6-12(15-11)8-10(13)7-9(2)14-12/h9,11H,3-8H2,1-2H3/t9-,11-,12-/m1/s1. The second-order valence-corrected chi connectivity index (χ2v) is 4.80. The zero-order valence-corrected chi connectivity index (χ0v) is 9.62. The van der Waals surface area contributed by atoms with Gasteiger partial charge in [0.1, 0.15) is 5.78 Å². The van der Waals surface area contributed by atoms with Crippen LogP contribution in [-0.2, 0) is 14.3 Å². The second-order valence-electron chi connectivity index (χ2n) is 4.80. The molecule has 0 bridgehead atoms. The van der Waals surface area contributed by atoms with Crippen molar-refractivity contribution in [2.75, 3.05) is 0 Å². The lowest BCUT2D eigenvalue weighted by molar-refractivity contribution is -0.303. The molecule has 2 aliphatic rings. The first-order chi connectivity index (χ1) is 7.13. The smallest absolute Gasteiger partial charge is 0.175 e. The molecule has 0 aromatic carbocycles. The Balaban J connectivity index is 2.07. The molecule has 1 spiro atoms. The van der Waals surface area contributed by atoms with Crippen molar-refractivity contribution < 1.29 is 14.3 Å². The fourth-order valence-corrected chi connectivity index (χ4v) is 2.67. The van der Waals surface area contributed by atoms with Crippen LogP contribution < -0.4 is 0 Å². The van der Waals surface area contributed by atoms with E-state index in [1.54, 1.807) is 0 Å². The summed E-state index contributed by atoms with van der Waals surface area (Å²) in [4.78, 5) is 11.6. The van der Waals surface area contributed by atoms with Gasteiger partial charge in [0.15, 0.2) is 5.79 Å². The van der Waals surface area contributed by atoms with Gasteiger partial charge in [-0.25, -0.2) is 0 Å². The van der Waals surface area contributed by atoms with Crippen LogP contribution in [-0.4, -0.2) is 23.8 Å². The molecule has 0 unspecified atom stereocenters. The van der Waals surface area contributed by atoms with E-state index in [1.165, 1.54) is 0 Å². The normalized spacial score (nSPS) is 42.1. The molecular weight excluding hydrogens is 192 g/mol. The molecule has 15 heavy (non-hydrogen) atoms. The SMILES string of the molecule is CC[C@@H]1CCC[C@]2(CC(=O)C[C@@H](C)O2)O1. The van der Waals surface area contributed by atoms with Gasteiger partial charge < -0.3 is 9.47 Å². The lowest BCUT2D eigenvalue weighted by atomic mass is 9.92. The van der Waals surface area contributed by atoms with E-state index in [4.69, 9.17) is 9.47 Å². The molecule has 3 heteroatoms. The van der Waals surface area contributed by atoms with Crippen LogP contribution in [0.5, 0.6) is 0 Å². The fourth-order valence-electron chi connectivity index (χ4n) is 2.67. The maximum absolute atomic E-state index is 11.6. The summed E-state index contributed by atoms with van der Waals surface area (Å²) in [5.41, 5.74) is 0. The van der Waals surface area contributed by atoms with E-state index in [9.17, 15) is 4.79 Å². The van der Waals surface area contributed by atoms with E-state index < -0.39 is 5.79 Å². The van der Waals surface area contributed by atoms with Gasteiger partial charge >= 0.3 is 0 Å². The Morgan fingerprint density at radius 1 is 1.47 bits per heavy atom. The third kappa shape index (κ3) is 2.40. The van der Waals surface area contributed by atoms with Gasteiger partial charge in [-0.15, -0.1) is 0 Å². The van der Waals surface area contributed by atoms with Crippen LogP contribution in [0.15, 0.2) is 0 Å². The number of hydrogen-bond acceptors (Lipinski definition) is 3. The van der Waals surface area contributed by atoms with E-state index in [1.807, 2.05) is 6.92 Å². The van der Waals surface area contributed by atoms with Gasteiger partial charge in [-0.05, 0) is 26.2 Å². The van der Waals surface area contributed by atoms with Crippen molar-refractivity contribution in [1.82, 2.24) is 0 Å². The van der Waals surface area contributed by atoms with Gasteiger partial charge in [0, 0.05) is 12.8 Å². The quantitative estimate of drug-likeness (QED) is 0.669. The summed E-state index contributed by atoms with van der Waals surface area (Å²) in [7, 11) is 0. The van der Waals surface area contributed by atoms with Gasteiger partial charge in [-0.3, -0.25) is 4.79 Å². The molecule has 2 saturated heterocycles. The summed E-state index contributed by atoms with van der Waals surface area (Å²) in [6, 6.07) is 0. The predicted octanol–water partition coefficient (Wildman–Crippen LogP) is 2.43. The van der Waals surface area contributed by atoms with Gasteiger partial charge in [0.2, 0.25) is 0 Å². The highest BCUT2D eigenvalue weighted by Gasteiger charge is 2.44. The third-order valence-electron chi connectivity index (χ3n) is 3.32.